The number of fused-ring (bicyclic) bond motifs is 3. The van der Waals surface area contributed by atoms with Crippen LogP contribution in [-0.4, -0.2) is 23.2 Å². The summed E-state index contributed by atoms with van der Waals surface area (Å²) in [5.74, 6) is 5.51. The fraction of sp³-hybridized carbons (Fsp3) is 0.150. The predicted molar refractivity (Wildman–Crippen MR) is 187 cm³/mol. The Balaban J connectivity index is 0.000000186. The third-order valence-corrected chi connectivity index (χ3v) is 12.1. The molecule has 47 heavy (non-hydrogen) atoms. The monoisotopic (exact) mass is 864 g/mol. The minimum atomic E-state index is -1.99. The Labute approximate surface area is 292 Å². The first-order valence-electron chi connectivity index (χ1n) is 15.6. The van der Waals surface area contributed by atoms with Gasteiger partial charge in [-0.3, -0.25) is 4.39 Å². The summed E-state index contributed by atoms with van der Waals surface area (Å²) in [4.78, 5) is 9.04. The molecule has 4 aromatic carbocycles. The molecule has 0 saturated heterocycles. The molecule has 0 fully saturated rings. The molecule has 0 N–H and O–H groups in total. The quantitative estimate of drug-likeness (QED) is 0.128. The molecule has 0 unspecified atom stereocenters. The molecule has 0 atom stereocenters. The Morgan fingerprint density at radius 2 is 1.62 bits per heavy atom. The van der Waals surface area contributed by atoms with Gasteiger partial charge in [-0.2, -0.15) is 0 Å². The average molecular weight is 863 g/mol. The molecular formula is C40H34F2GeIrN2O-2. The van der Waals surface area contributed by atoms with Crippen molar-refractivity contribution in [2.75, 3.05) is 0 Å². The molecular weight excluding hydrogens is 827 g/mol. The number of aromatic nitrogens is 2. The van der Waals surface area contributed by atoms with E-state index in [-0.39, 0.29) is 36.7 Å². The summed E-state index contributed by atoms with van der Waals surface area (Å²) in [7, 11) is 0. The normalized spacial score (nSPS) is 11.9. The first-order valence-corrected chi connectivity index (χ1v) is 22.5. The van der Waals surface area contributed by atoms with Crippen LogP contribution in [0.15, 0.2) is 114 Å². The summed E-state index contributed by atoms with van der Waals surface area (Å²) in [6.45, 7) is 3.56. The SMILES string of the molecule is [2H]C(C)(C)c1ccnc(-c2[c-]cc(F)c3c2oc2cc(F)ccc23)c1.[CH3][Ge]([CH3])([CH3])[c]1cnc(-c2[c-]cccc2)cc1-c1ccccc1.[Ir]. The maximum atomic E-state index is 14.4. The summed E-state index contributed by atoms with van der Waals surface area (Å²) in [6, 6.07) is 35.8. The zero-order valence-electron chi connectivity index (χ0n) is 27.8. The van der Waals surface area contributed by atoms with Crippen molar-refractivity contribution in [2.24, 2.45) is 0 Å². The van der Waals surface area contributed by atoms with Gasteiger partial charge in [-0.05, 0) is 35.2 Å². The molecule has 0 saturated carbocycles. The third-order valence-electron chi connectivity index (χ3n) is 7.84. The molecule has 7 heteroatoms. The van der Waals surface area contributed by atoms with E-state index in [0.717, 1.165) is 16.8 Å². The number of nitrogens with zero attached hydrogens (tertiary/aromatic N) is 2. The van der Waals surface area contributed by atoms with Crippen LogP contribution in [0.25, 0.3) is 55.6 Å². The van der Waals surface area contributed by atoms with E-state index in [4.69, 9.17) is 10.8 Å². The Morgan fingerprint density at radius 1 is 0.851 bits per heavy atom. The minimum absolute atomic E-state index is 0. The molecule has 0 aliphatic rings. The third kappa shape index (κ3) is 7.46. The van der Waals surface area contributed by atoms with Gasteiger partial charge in [0.05, 0.1) is 5.58 Å². The zero-order valence-corrected chi connectivity index (χ0v) is 31.3. The van der Waals surface area contributed by atoms with Crippen molar-refractivity contribution in [3.63, 3.8) is 0 Å². The van der Waals surface area contributed by atoms with E-state index in [9.17, 15) is 8.78 Å². The molecule has 1 radical (unpaired) electrons. The Hall–Kier alpha value is -3.97. The van der Waals surface area contributed by atoms with Crippen LogP contribution < -0.4 is 4.40 Å². The van der Waals surface area contributed by atoms with Gasteiger partial charge in [-0.25, -0.2) is 4.39 Å². The van der Waals surface area contributed by atoms with E-state index in [1.807, 2.05) is 18.2 Å². The van der Waals surface area contributed by atoms with Crippen LogP contribution >= 0.6 is 0 Å². The Morgan fingerprint density at radius 3 is 2.32 bits per heavy atom. The van der Waals surface area contributed by atoms with Gasteiger partial charge in [0, 0.05) is 44.9 Å². The summed E-state index contributed by atoms with van der Waals surface area (Å²) in [5, 5.41) is 0.780. The standard InChI is InChI=1S/C20H14F2NO.C20H20GeN.Ir/c1-11(2)12-7-8-23-17(9-12)14-5-6-16(22)19-15-4-3-13(21)10-18(15)24-20(14)19;1-21(2,3)19-15-22-20(17-12-8-5-9-13-17)14-18(19)16-10-6-4-7-11-16;/h3-4,6-11H,1-2H3;4-12,14-15H,1-3H3;/q2*-1;/i11D;;. The van der Waals surface area contributed by atoms with Gasteiger partial charge in [0.15, 0.2) is 0 Å². The smallest absolute Gasteiger partial charge is 0 e. The van der Waals surface area contributed by atoms with Gasteiger partial charge < -0.3 is 9.40 Å². The molecule has 0 aliphatic carbocycles. The van der Waals surface area contributed by atoms with Gasteiger partial charge in [0.25, 0.3) is 0 Å². The molecule has 0 bridgehead atoms. The molecule has 0 aliphatic heterocycles. The van der Waals surface area contributed by atoms with Crippen LogP contribution in [0.3, 0.4) is 0 Å². The molecule has 3 heterocycles. The van der Waals surface area contributed by atoms with Gasteiger partial charge in [-0.15, -0.1) is 12.1 Å². The molecule has 3 aromatic heterocycles. The molecule has 7 rings (SSSR count). The minimum Gasteiger partial charge on any atom is 0 e. The fourth-order valence-corrected chi connectivity index (χ4v) is 8.53. The molecule has 239 valence electrons. The van der Waals surface area contributed by atoms with Crippen molar-refractivity contribution < 1.29 is 34.7 Å². The van der Waals surface area contributed by atoms with E-state index in [1.165, 1.54) is 39.8 Å². The summed E-state index contributed by atoms with van der Waals surface area (Å²) >= 11 is -1.99. The summed E-state index contributed by atoms with van der Waals surface area (Å²) in [6.07, 6.45) is 3.70. The second kappa shape index (κ2) is 14.4. The predicted octanol–water partition coefficient (Wildman–Crippen LogP) is 10.6. The van der Waals surface area contributed by atoms with Crippen LogP contribution in [0, 0.1) is 23.8 Å². The average Bonchev–Trinajstić information content (AvgIpc) is 3.44. The van der Waals surface area contributed by atoms with Gasteiger partial charge >= 0.3 is 135 Å². The van der Waals surface area contributed by atoms with Crippen molar-refractivity contribution in [1.29, 1.82) is 0 Å². The van der Waals surface area contributed by atoms with Crippen LogP contribution in [-0.2, 0) is 20.1 Å². The van der Waals surface area contributed by atoms with Crippen molar-refractivity contribution in [3.05, 3.63) is 139 Å². The molecule has 7 aromatic rings. The zero-order chi connectivity index (χ0) is 33.3. The second-order valence-corrected chi connectivity index (χ2v) is 23.0. The van der Waals surface area contributed by atoms with E-state index < -0.39 is 30.8 Å². The van der Waals surface area contributed by atoms with Gasteiger partial charge in [0.2, 0.25) is 0 Å². The van der Waals surface area contributed by atoms with Crippen LogP contribution in [0.2, 0.25) is 17.3 Å². The maximum Gasteiger partial charge on any atom is 0 e. The largest absolute Gasteiger partial charge is 0 e. The van der Waals surface area contributed by atoms with E-state index >= 15 is 0 Å². The van der Waals surface area contributed by atoms with E-state index in [2.05, 4.69) is 83.0 Å². The second-order valence-electron chi connectivity index (χ2n) is 12.4. The number of benzene rings is 4. The summed E-state index contributed by atoms with van der Waals surface area (Å²) < 4.78 is 43.2. The Bertz CT molecular complexity index is 2190. The Kier molecular flexibility index (Phi) is 10.1. The first-order chi connectivity index (χ1) is 22.4. The number of hydrogen-bond acceptors (Lipinski definition) is 3. The molecule has 3 nitrogen and oxygen atoms in total. The van der Waals surface area contributed by atoms with Crippen LogP contribution in [0.4, 0.5) is 8.78 Å². The van der Waals surface area contributed by atoms with Crippen molar-refractivity contribution in [3.8, 4) is 33.6 Å². The van der Waals surface area contributed by atoms with E-state index in [0.29, 0.717) is 16.6 Å². The van der Waals surface area contributed by atoms with Crippen molar-refractivity contribution in [2.45, 2.75) is 37.0 Å². The summed E-state index contributed by atoms with van der Waals surface area (Å²) in [5.41, 5.74) is 6.97. The first kappa shape index (κ1) is 33.0. The maximum absolute atomic E-state index is 14.4. The van der Waals surface area contributed by atoms with Gasteiger partial charge in [0.1, 0.15) is 11.4 Å². The molecule has 0 amide bonds. The fourth-order valence-electron chi connectivity index (χ4n) is 5.43. The topological polar surface area (TPSA) is 38.9 Å². The van der Waals surface area contributed by atoms with Crippen molar-refractivity contribution >= 4 is 39.6 Å². The number of rotatable bonds is 5. The van der Waals surface area contributed by atoms with Crippen LogP contribution in [0.5, 0.6) is 0 Å². The number of hydrogen-bond donors (Lipinski definition) is 0. The van der Waals surface area contributed by atoms with Crippen LogP contribution in [0.1, 0.15) is 26.7 Å². The van der Waals surface area contributed by atoms with E-state index in [1.54, 1.807) is 32.2 Å². The number of pyridine rings is 2. The number of halogens is 2. The number of furan rings is 1. The van der Waals surface area contributed by atoms with Gasteiger partial charge in [-0.1, -0.05) is 31.0 Å². The van der Waals surface area contributed by atoms with Crippen molar-refractivity contribution in [1.82, 2.24) is 9.97 Å². The molecule has 0 spiro atoms.